The van der Waals surface area contributed by atoms with Gasteiger partial charge in [0, 0.05) is 31.9 Å². The molecule has 0 atom stereocenters. The summed E-state index contributed by atoms with van der Waals surface area (Å²) in [6.07, 6.45) is 3.99. The van der Waals surface area contributed by atoms with Gasteiger partial charge in [0.1, 0.15) is 5.65 Å². The van der Waals surface area contributed by atoms with E-state index in [0.717, 1.165) is 10.1 Å². The van der Waals surface area contributed by atoms with Crippen LogP contribution in [0.4, 0.5) is 0 Å². The Hall–Kier alpha value is -0.100. The molecule has 0 fully saturated rings. The Kier molecular flexibility index (Phi) is 2.83. The van der Waals surface area contributed by atoms with E-state index in [4.69, 9.17) is 0 Å². The average Bonchev–Trinajstić information content (AvgIpc) is 2.44. The molecule has 0 amide bonds. The Morgan fingerprint density at radius 1 is 1.50 bits per heavy atom. The predicted molar refractivity (Wildman–Crippen MR) is 70.5 cm³/mol. The van der Waals surface area contributed by atoms with Crippen molar-refractivity contribution < 1.29 is 0 Å². The minimum absolute atomic E-state index is 0.453. The predicted octanol–water partition coefficient (Wildman–Crippen LogP) is 3.98. The molecule has 0 radical (unpaired) electrons. The summed E-state index contributed by atoms with van der Waals surface area (Å²) in [6.45, 7) is 4.33. The topological polar surface area (TPSA) is 17.8 Å². The first-order valence-corrected chi connectivity index (χ1v) is 6.28. The van der Waals surface area contributed by atoms with Gasteiger partial charge in [0.05, 0.1) is 0 Å². The van der Waals surface area contributed by atoms with Crippen molar-refractivity contribution in [1.29, 1.82) is 0 Å². The van der Waals surface area contributed by atoms with E-state index in [0.29, 0.717) is 6.04 Å². The number of hydrogen-bond donors (Lipinski definition) is 0. The molecular weight excluding hydrogens is 355 g/mol. The number of pyridine rings is 1. The summed E-state index contributed by atoms with van der Waals surface area (Å²) >= 11 is 5.79. The smallest absolute Gasteiger partial charge is 0.141 e. The lowest BCUT2D eigenvalue weighted by Gasteiger charge is -2.07. The summed E-state index contributed by atoms with van der Waals surface area (Å²) in [5.74, 6) is 0. The second kappa shape index (κ2) is 3.81. The molecular formula is C10H10BrIN2. The molecule has 0 aromatic carbocycles. The first kappa shape index (κ1) is 10.4. The molecule has 0 unspecified atom stereocenters. The van der Waals surface area contributed by atoms with E-state index < -0.39 is 0 Å². The van der Waals surface area contributed by atoms with E-state index in [1.54, 1.807) is 0 Å². The highest BCUT2D eigenvalue weighted by molar-refractivity contribution is 14.1. The van der Waals surface area contributed by atoms with Crippen LogP contribution in [0.25, 0.3) is 11.0 Å². The van der Waals surface area contributed by atoms with Gasteiger partial charge in [0.25, 0.3) is 0 Å². The van der Waals surface area contributed by atoms with Gasteiger partial charge in [0.15, 0.2) is 0 Å². The Bertz CT molecular complexity index is 476. The molecule has 4 heteroatoms. The van der Waals surface area contributed by atoms with Crippen molar-refractivity contribution in [2.45, 2.75) is 19.9 Å². The zero-order valence-corrected chi connectivity index (χ0v) is 11.7. The number of rotatable bonds is 1. The van der Waals surface area contributed by atoms with Crippen LogP contribution in [0.3, 0.4) is 0 Å². The third-order valence-corrected chi connectivity index (χ3v) is 3.44. The van der Waals surface area contributed by atoms with Crippen LogP contribution in [-0.4, -0.2) is 9.55 Å². The molecule has 2 aromatic heterocycles. The minimum Gasteiger partial charge on any atom is -0.329 e. The van der Waals surface area contributed by atoms with E-state index in [-0.39, 0.29) is 0 Å². The molecule has 0 bridgehead atoms. The van der Waals surface area contributed by atoms with Crippen LogP contribution in [0.5, 0.6) is 0 Å². The molecule has 0 aliphatic heterocycles. The Balaban J connectivity index is 2.77. The van der Waals surface area contributed by atoms with Gasteiger partial charge in [-0.3, -0.25) is 0 Å². The van der Waals surface area contributed by atoms with Gasteiger partial charge in [-0.1, -0.05) is 0 Å². The van der Waals surface area contributed by atoms with Gasteiger partial charge in [-0.05, 0) is 58.4 Å². The second-order valence-electron chi connectivity index (χ2n) is 3.50. The molecule has 0 saturated carbocycles. The van der Waals surface area contributed by atoms with E-state index in [1.165, 1.54) is 8.96 Å². The van der Waals surface area contributed by atoms with Crippen molar-refractivity contribution in [3.63, 3.8) is 0 Å². The molecule has 0 N–H and O–H groups in total. The van der Waals surface area contributed by atoms with Gasteiger partial charge < -0.3 is 4.57 Å². The monoisotopic (exact) mass is 364 g/mol. The van der Waals surface area contributed by atoms with Gasteiger partial charge in [-0.2, -0.15) is 0 Å². The van der Waals surface area contributed by atoms with Crippen LogP contribution in [0.1, 0.15) is 19.9 Å². The van der Waals surface area contributed by atoms with Crippen LogP contribution in [-0.2, 0) is 0 Å². The molecule has 2 rings (SSSR count). The molecule has 2 heterocycles. The Morgan fingerprint density at radius 3 is 2.86 bits per heavy atom. The lowest BCUT2D eigenvalue weighted by atomic mass is 10.3. The number of aromatic nitrogens is 2. The molecule has 2 aromatic rings. The summed E-state index contributed by atoms with van der Waals surface area (Å²) < 4.78 is 4.48. The fourth-order valence-electron chi connectivity index (χ4n) is 1.46. The van der Waals surface area contributed by atoms with Crippen molar-refractivity contribution in [2.75, 3.05) is 0 Å². The minimum atomic E-state index is 0.453. The van der Waals surface area contributed by atoms with Crippen LogP contribution in [0.15, 0.2) is 22.9 Å². The lowest BCUT2D eigenvalue weighted by molar-refractivity contribution is 0.617. The van der Waals surface area contributed by atoms with Crippen LogP contribution >= 0.6 is 38.5 Å². The van der Waals surface area contributed by atoms with E-state index in [9.17, 15) is 0 Å². The number of nitrogens with zero attached hydrogens (tertiary/aromatic N) is 2. The highest BCUT2D eigenvalue weighted by atomic mass is 127. The van der Waals surface area contributed by atoms with Crippen molar-refractivity contribution >= 4 is 49.6 Å². The van der Waals surface area contributed by atoms with Crippen LogP contribution in [0, 0.1) is 3.57 Å². The number of hydrogen-bond acceptors (Lipinski definition) is 1. The fraction of sp³-hybridized carbons (Fsp3) is 0.300. The molecule has 0 aliphatic carbocycles. The normalized spacial score (nSPS) is 11.5. The van der Waals surface area contributed by atoms with Gasteiger partial charge in [0.2, 0.25) is 0 Å². The molecule has 14 heavy (non-hydrogen) atoms. The number of fused-ring (bicyclic) bond motifs is 1. The highest BCUT2D eigenvalue weighted by Gasteiger charge is 2.09. The number of halogens is 2. The lowest BCUT2D eigenvalue weighted by Crippen LogP contribution is -1.99. The molecule has 2 nitrogen and oxygen atoms in total. The zero-order chi connectivity index (χ0) is 10.3. The largest absolute Gasteiger partial charge is 0.329 e. The molecule has 0 saturated heterocycles. The maximum atomic E-state index is 4.43. The standard InChI is InChI=1S/C10H10BrIN2/c1-6(2)14-5-9(12)8-3-7(11)4-13-10(8)14/h3-6H,1-2H3. The van der Waals surface area contributed by atoms with Crippen molar-refractivity contribution in [2.24, 2.45) is 0 Å². The summed E-state index contributed by atoms with van der Waals surface area (Å²) in [5.41, 5.74) is 1.06. The van der Waals surface area contributed by atoms with Crippen molar-refractivity contribution in [3.05, 3.63) is 26.5 Å². The van der Waals surface area contributed by atoms with Crippen molar-refractivity contribution in [3.8, 4) is 0 Å². The fourth-order valence-corrected chi connectivity index (χ4v) is 2.49. The van der Waals surface area contributed by atoms with Crippen LogP contribution < -0.4 is 0 Å². The molecule has 74 valence electrons. The average molecular weight is 365 g/mol. The van der Waals surface area contributed by atoms with Crippen molar-refractivity contribution in [1.82, 2.24) is 9.55 Å². The Morgan fingerprint density at radius 2 is 2.21 bits per heavy atom. The van der Waals surface area contributed by atoms with Gasteiger partial charge in [-0.15, -0.1) is 0 Å². The summed E-state index contributed by atoms with van der Waals surface area (Å²) in [4.78, 5) is 4.43. The molecule has 0 spiro atoms. The SMILES string of the molecule is CC(C)n1cc(I)c2cc(Br)cnc21. The maximum Gasteiger partial charge on any atom is 0.141 e. The third kappa shape index (κ3) is 1.69. The molecule has 0 aliphatic rings. The van der Waals surface area contributed by atoms with Crippen LogP contribution in [0.2, 0.25) is 0 Å². The summed E-state index contributed by atoms with van der Waals surface area (Å²) in [7, 11) is 0. The maximum absolute atomic E-state index is 4.43. The van der Waals surface area contributed by atoms with Gasteiger partial charge in [-0.25, -0.2) is 4.98 Å². The summed E-state index contributed by atoms with van der Waals surface area (Å²) in [5, 5.41) is 1.22. The van der Waals surface area contributed by atoms with E-state index in [1.807, 2.05) is 6.20 Å². The zero-order valence-electron chi connectivity index (χ0n) is 7.96. The summed E-state index contributed by atoms with van der Waals surface area (Å²) in [6, 6.07) is 2.57. The first-order chi connectivity index (χ1) is 6.59. The highest BCUT2D eigenvalue weighted by Crippen LogP contribution is 2.26. The second-order valence-corrected chi connectivity index (χ2v) is 5.58. The quantitative estimate of drug-likeness (QED) is 0.700. The first-order valence-electron chi connectivity index (χ1n) is 4.41. The van der Waals surface area contributed by atoms with E-state index in [2.05, 4.69) is 74.2 Å². The Labute approximate surface area is 105 Å². The van der Waals surface area contributed by atoms with Gasteiger partial charge >= 0.3 is 0 Å². The third-order valence-electron chi connectivity index (χ3n) is 2.14. The van der Waals surface area contributed by atoms with E-state index >= 15 is 0 Å².